The summed E-state index contributed by atoms with van der Waals surface area (Å²) >= 11 is 0. The van der Waals surface area contributed by atoms with Crippen molar-refractivity contribution in [2.24, 2.45) is 50.3 Å². The van der Waals surface area contributed by atoms with Crippen LogP contribution in [0.2, 0.25) is 0 Å². The smallest absolute Gasteiger partial charge is 0.160 e. The van der Waals surface area contributed by atoms with Gasteiger partial charge in [0.2, 0.25) is 0 Å². The molecule has 12 atom stereocenters. The Morgan fingerprint density at radius 2 is 1.77 bits per heavy atom. The number of epoxide rings is 1. The quantitative estimate of drug-likeness (QED) is 0.181. The number of hydrogen-bond acceptors (Lipinski definition) is 7. The zero-order chi connectivity index (χ0) is 42.4. The molecule has 322 valence electrons. The molecule has 2 saturated heterocycles. The molecule has 1 spiro atoms. The Bertz CT molecular complexity index is 2170. The molecule has 4 heterocycles. The number of ketones is 2. The van der Waals surface area contributed by atoms with E-state index in [4.69, 9.17) is 14.5 Å². The first kappa shape index (κ1) is 41.0. The zero-order valence-electron chi connectivity index (χ0n) is 37.4. The van der Waals surface area contributed by atoms with E-state index in [1.807, 2.05) is 20.0 Å². The second-order valence-corrected chi connectivity index (χ2v) is 22.6. The highest BCUT2D eigenvalue weighted by atomic mass is 16.6. The first-order valence-electron chi connectivity index (χ1n) is 23.4. The summed E-state index contributed by atoms with van der Waals surface area (Å²) in [5.74, 6) is 0.518. The number of quaternary nitrogens is 1. The molecule has 0 amide bonds. The average molecular weight is 818 g/mol. The SMILES string of the molecule is Cc1cc(CC2=C[NH+](C[C@@H]3C4=C([C@H](C)C[C@@H](O)[C@@H]5OC5(C)C)C(=O)C[C@]45CC=C[C@]3(O)C3[C@]4(C)CCC(=O)C(C)(C)[C@H]4CC[C@@]35C)C3C=CN=C23)cc(C2CCOCC2)c1. The number of Topliss-reactive ketones (excluding diaryl/α,β-unsaturated/α-hetero) is 2. The summed E-state index contributed by atoms with van der Waals surface area (Å²) in [6.45, 7) is 19.7. The third kappa shape index (κ3) is 5.82. The summed E-state index contributed by atoms with van der Waals surface area (Å²) in [7, 11) is 0. The standard InChI is InChI=1S/C52H68N2O6/c1-30-22-32(25-34(23-30)33-13-20-59-21-14-33)26-35-28-54(37-12-19-53-44(35)37)29-36-43-42(31(2)24-38(55)45-48(5,6)60-45)39(56)27-51(43)15-9-16-52(36,58)46-49(7)17-11-41(57)47(3,4)40(49)10-18-50(46,51)8/h9,12,16,19,22-23,25,28,31,33,36-38,40,45-46,55,58H,10-11,13-15,17-18,20-21,24,26-27,29H2,1-8H3/p+1/t31-,36-,37?,38-,40-,45+,46?,49-,50+,51-,52-/m1/s1. The van der Waals surface area contributed by atoms with Crippen molar-refractivity contribution in [2.45, 2.75) is 155 Å². The van der Waals surface area contributed by atoms with Gasteiger partial charge in [-0.3, -0.25) is 19.5 Å². The van der Waals surface area contributed by atoms with E-state index in [1.54, 1.807) is 0 Å². The highest BCUT2D eigenvalue weighted by Gasteiger charge is 2.77. The van der Waals surface area contributed by atoms with Gasteiger partial charge in [-0.05, 0) is 123 Å². The molecule has 5 fully saturated rings. The van der Waals surface area contributed by atoms with Crippen LogP contribution in [0, 0.1) is 52.3 Å². The Hall–Kier alpha value is -3.01. The fourth-order valence-electron chi connectivity index (χ4n) is 15.9. The summed E-state index contributed by atoms with van der Waals surface area (Å²) in [5, 5.41) is 25.7. The summed E-state index contributed by atoms with van der Waals surface area (Å²) in [6, 6.07) is 7.11. The molecule has 8 heteroatoms. The molecule has 1 aromatic rings. The number of carbonyl (C=O) groups excluding carboxylic acids is 2. The van der Waals surface area contributed by atoms with E-state index >= 15 is 4.79 Å². The number of rotatable bonds is 9. The summed E-state index contributed by atoms with van der Waals surface area (Å²) in [6.07, 6.45) is 17.6. The van der Waals surface area contributed by atoms with E-state index in [-0.39, 0.29) is 58.0 Å². The zero-order valence-corrected chi connectivity index (χ0v) is 37.4. The van der Waals surface area contributed by atoms with Gasteiger partial charge in [-0.1, -0.05) is 70.5 Å². The van der Waals surface area contributed by atoms with Crippen LogP contribution in [0.4, 0.5) is 0 Å². The number of aliphatic imine (C=N–C) groups is 1. The van der Waals surface area contributed by atoms with Crippen LogP contribution in [0.3, 0.4) is 0 Å². The maximum Gasteiger partial charge on any atom is 0.160 e. The maximum absolute atomic E-state index is 15.0. The van der Waals surface area contributed by atoms with Gasteiger partial charge in [-0.25, -0.2) is 0 Å². The summed E-state index contributed by atoms with van der Waals surface area (Å²) in [5.41, 5.74) is 5.12. The van der Waals surface area contributed by atoms with Crippen LogP contribution < -0.4 is 4.90 Å². The molecule has 60 heavy (non-hydrogen) atoms. The predicted octanol–water partition coefficient (Wildman–Crippen LogP) is 7.12. The monoisotopic (exact) mass is 818 g/mol. The lowest BCUT2D eigenvalue weighted by Gasteiger charge is -2.72. The van der Waals surface area contributed by atoms with Crippen LogP contribution >= 0.6 is 0 Å². The van der Waals surface area contributed by atoms with Gasteiger partial charge in [0.1, 0.15) is 23.8 Å². The average Bonchev–Trinajstić information content (AvgIpc) is 3.44. The van der Waals surface area contributed by atoms with E-state index in [2.05, 4.69) is 84.2 Å². The number of allylic oxidation sites excluding steroid dienone is 2. The third-order valence-corrected chi connectivity index (χ3v) is 18.5. The second kappa shape index (κ2) is 13.7. The van der Waals surface area contributed by atoms with Gasteiger partial charge in [-0.2, -0.15) is 0 Å². The van der Waals surface area contributed by atoms with Crippen molar-refractivity contribution >= 4 is 17.3 Å². The first-order valence-corrected chi connectivity index (χ1v) is 23.4. The van der Waals surface area contributed by atoms with Gasteiger partial charge in [0.15, 0.2) is 11.8 Å². The molecular formula is C52H69N2O6+. The molecule has 0 radical (unpaired) electrons. The van der Waals surface area contributed by atoms with Crippen LogP contribution in [0.25, 0.3) is 0 Å². The minimum Gasteiger partial charge on any atom is -0.390 e. The Morgan fingerprint density at radius 3 is 2.50 bits per heavy atom. The molecule has 3 saturated carbocycles. The van der Waals surface area contributed by atoms with E-state index in [0.29, 0.717) is 37.5 Å². The number of aryl methyl sites for hydroxylation is 1. The lowest BCUT2D eigenvalue weighted by molar-refractivity contribution is -0.856. The summed E-state index contributed by atoms with van der Waals surface area (Å²) in [4.78, 5) is 35.0. The van der Waals surface area contributed by atoms with Crippen LogP contribution in [0.1, 0.15) is 129 Å². The molecule has 0 aromatic heterocycles. The number of nitrogens with one attached hydrogen (secondary N) is 1. The molecule has 3 unspecified atom stereocenters. The number of aliphatic hydroxyl groups excluding tert-OH is 1. The highest BCUT2D eigenvalue weighted by molar-refractivity contribution is 6.07. The largest absolute Gasteiger partial charge is 0.390 e. The van der Waals surface area contributed by atoms with Crippen LogP contribution in [0.5, 0.6) is 0 Å². The van der Waals surface area contributed by atoms with Crippen molar-refractivity contribution in [3.05, 3.63) is 82.2 Å². The van der Waals surface area contributed by atoms with Gasteiger partial charge in [0.25, 0.3) is 0 Å². The van der Waals surface area contributed by atoms with E-state index in [9.17, 15) is 15.0 Å². The Morgan fingerprint density at radius 1 is 1.02 bits per heavy atom. The maximum atomic E-state index is 15.0. The minimum atomic E-state index is -1.25. The van der Waals surface area contributed by atoms with Crippen molar-refractivity contribution < 1.29 is 34.2 Å². The van der Waals surface area contributed by atoms with Crippen LogP contribution in [0.15, 0.2) is 70.5 Å². The molecule has 1 aromatic carbocycles. The fraction of sp³-hybridized carbons (Fsp3) is 0.673. The Kier molecular flexibility index (Phi) is 9.40. The van der Waals surface area contributed by atoms with Crippen molar-refractivity contribution in [2.75, 3.05) is 19.8 Å². The molecule has 2 bridgehead atoms. The Balaban J connectivity index is 1.08. The predicted molar refractivity (Wildman–Crippen MR) is 232 cm³/mol. The lowest BCUT2D eigenvalue weighted by Crippen LogP contribution is -3.11. The van der Waals surface area contributed by atoms with Crippen LogP contribution in [-0.2, 0) is 25.5 Å². The molecule has 6 aliphatic carbocycles. The molecular weight excluding hydrogens is 749 g/mol. The van der Waals surface area contributed by atoms with Crippen molar-refractivity contribution in [1.29, 1.82) is 0 Å². The third-order valence-electron chi connectivity index (χ3n) is 18.5. The number of aliphatic hydroxyl groups is 2. The lowest BCUT2D eigenvalue weighted by atomic mass is 9.32. The van der Waals surface area contributed by atoms with Gasteiger partial charge < -0.3 is 19.7 Å². The van der Waals surface area contributed by atoms with Crippen molar-refractivity contribution in [3.8, 4) is 0 Å². The fourth-order valence-corrected chi connectivity index (χ4v) is 15.9. The van der Waals surface area contributed by atoms with E-state index < -0.39 is 22.5 Å². The van der Waals surface area contributed by atoms with Gasteiger partial charge in [0.05, 0.1) is 29.8 Å². The van der Waals surface area contributed by atoms with Crippen molar-refractivity contribution in [1.82, 2.24) is 0 Å². The number of carbonyl (C=O) groups is 2. The minimum absolute atomic E-state index is 0.0343. The normalized spacial score (nSPS) is 42.0. The highest BCUT2D eigenvalue weighted by Crippen LogP contribution is 2.79. The van der Waals surface area contributed by atoms with E-state index in [1.165, 1.54) is 27.2 Å². The molecule has 3 N–H and O–H groups in total. The summed E-state index contributed by atoms with van der Waals surface area (Å²) < 4.78 is 11.6. The molecule has 10 aliphatic rings. The molecule has 4 aliphatic heterocycles. The van der Waals surface area contributed by atoms with Crippen LogP contribution in [-0.4, -0.2) is 76.7 Å². The Labute approximate surface area is 357 Å². The topological polar surface area (TPSA) is 113 Å². The van der Waals surface area contributed by atoms with Gasteiger partial charge >= 0.3 is 0 Å². The van der Waals surface area contributed by atoms with Gasteiger partial charge in [0, 0.05) is 61.0 Å². The molecule has 8 nitrogen and oxygen atoms in total. The van der Waals surface area contributed by atoms with E-state index in [0.717, 1.165) is 75.0 Å². The second-order valence-electron chi connectivity index (χ2n) is 22.6. The number of fused-ring (bicyclic) bond motifs is 3. The first-order chi connectivity index (χ1) is 28.3. The number of nitrogens with zero attached hydrogens (tertiary/aromatic N) is 1. The molecule has 11 rings (SSSR count). The van der Waals surface area contributed by atoms with Crippen molar-refractivity contribution in [3.63, 3.8) is 0 Å². The van der Waals surface area contributed by atoms with Gasteiger partial charge in [-0.15, -0.1) is 0 Å². The number of hydrogen-bond donors (Lipinski definition) is 3. The number of benzene rings is 1. The number of ether oxygens (including phenoxy) is 2.